The first-order valence-corrected chi connectivity index (χ1v) is 7.93. The minimum atomic E-state index is -0.0667. The van der Waals surface area contributed by atoms with E-state index < -0.39 is 0 Å². The van der Waals surface area contributed by atoms with Gasteiger partial charge in [-0.15, -0.1) is 0 Å². The van der Waals surface area contributed by atoms with Gasteiger partial charge in [-0.3, -0.25) is 0 Å². The highest BCUT2D eigenvalue weighted by atomic mass is 16.3. The number of allylic oxidation sites excluding steroid dienone is 5. The van der Waals surface area contributed by atoms with Crippen LogP contribution in [0.4, 0.5) is 0 Å². The molecule has 1 nitrogen and oxygen atoms in total. The van der Waals surface area contributed by atoms with E-state index in [1.165, 1.54) is 38.5 Å². The summed E-state index contributed by atoms with van der Waals surface area (Å²) in [5.41, 5.74) is 0. The van der Waals surface area contributed by atoms with Gasteiger partial charge < -0.3 is 5.11 Å². The Bertz CT molecular complexity index is 240. The van der Waals surface area contributed by atoms with Crippen LogP contribution in [0.25, 0.3) is 0 Å². The Morgan fingerprint density at radius 1 is 0.895 bits per heavy atom. The van der Waals surface area contributed by atoms with Crippen molar-refractivity contribution in [3.05, 3.63) is 37.0 Å². The Labute approximate surface area is 120 Å². The Morgan fingerprint density at radius 3 is 2.21 bits per heavy atom. The van der Waals surface area contributed by atoms with Crippen LogP contribution in [-0.4, -0.2) is 11.2 Å². The summed E-state index contributed by atoms with van der Waals surface area (Å²) in [5.74, 6) is 0. The van der Waals surface area contributed by atoms with Crippen molar-refractivity contribution in [1.82, 2.24) is 0 Å². The Morgan fingerprint density at radius 2 is 1.58 bits per heavy atom. The second-order valence-corrected chi connectivity index (χ2v) is 5.19. The van der Waals surface area contributed by atoms with Gasteiger partial charge in [0.05, 0.1) is 6.10 Å². The molecule has 1 atom stereocenters. The largest absolute Gasteiger partial charge is 0.393 e. The molecule has 0 saturated carbocycles. The molecule has 0 aromatic rings. The fraction of sp³-hybridized carbons (Fsp3) is 0.667. The molecule has 1 heteroatoms. The first kappa shape index (κ1) is 18.2. The van der Waals surface area contributed by atoms with Gasteiger partial charge >= 0.3 is 0 Å². The van der Waals surface area contributed by atoms with Crippen molar-refractivity contribution in [2.75, 3.05) is 0 Å². The first-order valence-electron chi connectivity index (χ1n) is 7.93. The van der Waals surface area contributed by atoms with Crippen LogP contribution < -0.4 is 0 Å². The minimum Gasteiger partial charge on any atom is -0.393 e. The van der Waals surface area contributed by atoms with E-state index in [1.54, 1.807) is 6.08 Å². The highest BCUT2D eigenvalue weighted by Gasteiger charge is 2.02. The molecule has 0 aliphatic rings. The smallest absolute Gasteiger partial charge is 0.0540 e. The molecule has 1 N–H and O–H groups in total. The highest BCUT2D eigenvalue weighted by molar-refractivity contribution is 5.08. The van der Waals surface area contributed by atoms with Gasteiger partial charge in [0.25, 0.3) is 0 Å². The zero-order valence-corrected chi connectivity index (χ0v) is 12.7. The molecule has 19 heavy (non-hydrogen) atoms. The van der Waals surface area contributed by atoms with Crippen LogP contribution in [0.15, 0.2) is 37.0 Å². The highest BCUT2D eigenvalue weighted by Crippen LogP contribution is 2.12. The zero-order chi connectivity index (χ0) is 14.2. The van der Waals surface area contributed by atoms with Crippen molar-refractivity contribution in [2.24, 2.45) is 0 Å². The Hall–Kier alpha value is -0.820. The molecule has 0 aliphatic carbocycles. The third kappa shape index (κ3) is 15.1. The number of rotatable bonds is 13. The first-order chi connectivity index (χ1) is 9.31. The molecular formula is C18H32O. The minimum absolute atomic E-state index is 0.0667. The monoisotopic (exact) mass is 264 g/mol. The number of aliphatic hydroxyl groups excluding tert-OH is 1. The normalized spacial score (nSPS) is 13.4. The molecule has 0 spiro atoms. The van der Waals surface area contributed by atoms with E-state index in [0.717, 1.165) is 25.7 Å². The number of hydrogen-bond acceptors (Lipinski definition) is 1. The van der Waals surface area contributed by atoms with Crippen molar-refractivity contribution < 1.29 is 5.11 Å². The van der Waals surface area contributed by atoms with Crippen LogP contribution in [0.5, 0.6) is 0 Å². The summed E-state index contributed by atoms with van der Waals surface area (Å²) in [5, 5.41) is 9.82. The SMILES string of the molecule is C=C/C=C\C=C\CCCCCC(O)CCCCCC. The van der Waals surface area contributed by atoms with Gasteiger partial charge in [0.15, 0.2) is 0 Å². The quantitative estimate of drug-likeness (QED) is 0.341. The maximum absolute atomic E-state index is 9.82. The predicted molar refractivity (Wildman–Crippen MR) is 86.3 cm³/mol. The topological polar surface area (TPSA) is 20.2 Å². The lowest BCUT2D eigenvalue weighted by Gasteiger charge is -2.09. The van der Waals surface area contributed by atoms with Crippen LogP contribution in [0.1, 0.15) is 71.1 Å². The number of hydrogen-bond donors (Lipinski definition) is 1. The van der Waals surface area contributed by atoms with E-state index in [2.05, 4.69) is 25.7 Å². The van der Waals surface area contributed by atoms with Crippen molar-refractivity contribution in [3.8, 4) is 0 Å². The number of unbranched alkanes of at least 4 members (excludes halogenated alkanes) is 6. The van der Waals surface area contributed by atoms with Crippen molar-refractivity contribution >= 4 is 0 Å². The third-order valence-electron chi connectivity index (χ3n) is 3.29. The second-order valence-electron chi connectivity index (χ2n) is 5.19. The fourth-order valence-electron chi connectivity index (χ4n) is 2.09. The fourth-order valence-corrected chi connectivity index (χ4v) is 2.09. The Balaban J connectivity index is 3.26. The van der Waals surface area contributed by atoms with Gasteiger partial charge in [0, 0.05) is 0 Å². The molecule has 0 aromatic heterocycles. The summed E-state index contributed by atoms with van der Waals surface area (Å²) in [4.78, 5) is 0. The average molecular weight is 264 g/mol. The van der Waals surface area contributed by atoms with E-state index in [1.807, 2.05) is 12.2 Å². The summed E-state index contributed by atoms with van der Waals surface area (Å²) in [6, 6.07) is 0. The van der Waals surface area contributed by atoms with E-state index in [-0.39, 0.29) is 6.10 Å². The molecule has 0 radical (unpaired) electrons. The predicted octanol–water partition coefficient (Wildman–Crippen LogP) is 5.57. The standard InChI is InChI=1S/C18H32O/c1-3-5-7-9-10-11-12-13-15-17-18(19)16-14-8-6-4-2/h3,5,7,9-10,18-19H,1,4,6,8,11-17H2,2H3/b7-5-,10-9+. The van der Waals surface area contributed by atoms with Gasteiger partial charge in [-0.25, -0.2) is 0 Å². The molecule has 0 aromatic carbocycles. The molecule has 0 heterocycles. The lowest BCUT2D eigenvalue weighted by Crippen LogP contribution is -2.05. The lowest BCUT2D eigenvalue weighted by atomic mass is 10.0. The molecule has 1 unspecified atom stereocenters. The lowest BCUT2D eigenvalue weighted by molar-refractivity contribution is 0.147. The Kier molecular flexibility index (Phi) is 14.6. The van der Waals surface area contributed by atoms with Gasteiger partial charge in [0.1, 0.15) is 0 Å². The molecule has 110 valence electrons. The zero-order valence-electron chi connectivity index (χ0n) is 12.7. The van der Waals surface area contributed by atoms with Crippen LogP contribution in [0.3, 0.4) is 0 Å². The van der Waals surface area contributed by atoms with Crippen LogP contribution in [-0.2, 0) is 0 Å². The van der Waals surface area contributed by atoms with Gasteiger partial charge in [-0.1, -0.05) is 82.4 Å². The maximum atomic E-state index is 9.82. The molecule has 0 bridgehead atoms. The summed E-state index contributed by atoms with van der Waals surface area (Å²) in [7, 11) is 0. The van der Waals surface area contributed by atoms with Crippen molar-refractivity contribution in [2.45, 2.75) is 77.2 Å². The van der Waals surface area contributed by atoms with Gasteiger partial charge in [-0.05, 0) is 25.7 Å². The molecule has 0 amide bonds. The average Bonchev–Trinajstić information content (AvgIpc) is 2.42. The molecular weight excluding hydrogens is 232 g/mol. The summed E-state index contributed by atoms with van der Waals surface area (Å²) in [6.45, 7) is 5.84. The summed E-state index contributed by atoms with van der Waals surface area (Å²) >= 11 is 0. The van der Waals surface area contributed by atoms with Crippen molar-refractivity contribution in [1.29, 1.82) is 0 Å². The molecule has 0 aliphatic heterocycles. The summed E-state index contributed by atoms with van der Waals surface area (Å²) < 4.78 is 0. The summed E-state index contributed by atoms with van der Waals surface area (Å²) in [6.07, 6.45) is 21.7. The molecule has 0 rings (SSSR count). The van der Waals surface area contributed by atoms with Gasteiger partial charge in [0.2, 0.25) is 0 Å². The van der Waals surface area contributed by atoms with Crippen LogP contribution >= 0.6 is 0 Å². The second kappa shape index (κ2) is 15.2. The van der Waals surface area contributed by atoms with E-state index >= 15 is 0 Å². The number of aliphatic hydroxyl groups is 1. The van der Waals surface area contributed by atoms with E-state index in [4.69, 9.17) is 0 Å². The third-order valence-corrected chi connectivity index (χ3v) is 3.29. The maximum Gasteiger partial charge on any atom is 0.0540 e. The van der Waals surface area contributed by atoms with Crippen LogP contribution in [0.2, 0.25) is 0 Å². The van der Waals surface area contributed by atoms with Crippen molar-refractivity contribution in [3.63, 3.8) is 0 Å². The van der Waals surface area contributed by atoms with Gasteiger partial charge in [-0.2, -0.15) is 0 Å². The molecule has 0 fully saturated rings. The van der Waals surface area contributed by atoms with Crippen LogP contribution in [0, 0.1) is 0 Å². The molecule has 0 saturated heterocycles. The van der Waals surface area contributed by atoms with E-state index in [0.29, 0.717) is 0 Å². The van der Waals surface area contributed by atoms with E-state index in [9.17, 15) is 5.11 Å².